The van der Waals surface area contributed by atoms with Gasteiger partial charge in [-0.3, -0.25) is 9.78 Å². The highest BCUT2D eigenvalue weighted by molar-refractivity contribution is 5.72. The highest BCUT2D eigenvalue weighted by Gasteiger charge is 2.01. The van der Waals surface area contributed by atoms with E-state index in [4.69, 9.17) is 9.47 Å². The van der Waals surface area contributed by atoms with Crippen LogP contribution in [0.3, 0.4) is 0 Å². The van der Waals surface area contributed by atoms with Gasteiger partial charge in [0.1, 0.15) is 0 Å². The van der Waals surface area contributed by atoms with Crippen LogP contribution in [0.25, 0.3) is 0 Å². The predicted molar refractivity (Wildman–Crippen MR) is 94.6 cm³/mol. The lowest BCUT2D eigenvalue weighted by atomic mass is 10.2. The lowest BCUT2D eigenvalue weighted by Crippen LogP contribution is -2.30. The molecule has 0 fully saturated rings. The lowest BCUT2D eigenvalue weighted by Gasteiger charge is -2.14. The average Bonchev–Trinajstić information content (AvgIpc) is 2.59. The van der Waals surface area contributed by atoms with Crippen molar-refractivity contribution in [2.24, 2.45) is 0 Å². The lowest BCUT2D eigenvalue weighted by molar-refractivity contribution is -0.119. The zero-order chi connectivity index (χ0) is 17.6. The second-order valence-electron chi connectivity index (χ2n) is 5.71. The molecule has 6 heteroatoms. The van der Waals surface area contributed by atoms with Crippen LogP contribution in [0.15, 0.2) is 18.3 Å². The third kappa shape index (κ3) is 9.60. The van der Waals surface area contributed by atoms with Gasteiger partial charge in [0.25, 0.3) is 0 Å². The van der Waals surface area contributed by atoms with Gasteiger partial charge in [0.2, 0.25) is 5.91 Å². The number of nitrogens with zero attached hydrogens (tertiary/aromatic N) is 1. The van der Waals surface area contributed by atoms with E-state index in [9.17, 15) is 4.79 Å². The highest BCUT2D eigenvalue weighted by atomic mass is 16.5. The topological polar surface area (TPSA) is 72.5 Å². The van der Waals surface area contributed by atoms with Crippen molar-refractivity contribution >= 4 is 5.91 Å². The Morgan fingerprint density at radius 3 is 2.46 bits per heavy atom. The zero-order valence-corrected chi connectivity index (χ0v) is 15.1. The Hall–Kier alpha value is -1.50. The maximum absolute atomic E-state index is 10.7. The molecule has 0 atom stereocenters. The van der Waals surface area contributed by atoms with Crippen LogP contribution >= 0.6 is 0 Å². The van der Waals surface area contributed by atoms with Crippen LogP contribution in [-0.4, -0.2) is 43.2 Å². The Kier molecular flexibility index (Phi) is 11.0. The first kappa shape index (κ1) is 20.5. The number of nitrogens with one attached hydrogen (secondary N) is 2. The summed E-state index contributed by atoms with van der Waals surface area (Å²) in [4.78, 5) is 15.1. The maximum atomic E-state index is 10.7. The van der Waals surface area contributed by atoms with E-state index in [0.29, 0.717) is 39.0 Å². The van der Waals surface area contributed by atoms with Gasteiger partial charge < -0.3 is 20.1 Å². The number of ether oxygens (including phenoxy) is 2. The summed E-state index contributed by atoms with van der Waals surface area (Å²) in [6, 6.07) is 4.54. The van der Waals surface area contributed by atoms with Crippen LogP contribution < -0.4 is 10.6 Å². The van der Waals surface area contributed by atoms with E-state index in [1.54, 1.807) is 0 Å². The first-order valence-electron chi connectivity index (χ1n) is 8.72. The van der Waals surface area contributed by atoms with Gasteiger partial charge in [0.05, 0.1) is 32.1 Å². The maximum Gasteiger partial charge on any atom is 0.216 e. The summed E-state index contributed by atoms with van der Waals surface area (Å²) < 4.78 is 11.1. The molecule has 0 saturated carbocycles. The Morgan fingerprint density at radius 2 is 1.83 bits per heavy atom. The first-order valence-corrected chi connectivity index (χ1v) is 8.72. The SMILES string of the molecule is CCC(CC)NCCOCc1ccc(COCCNC(C)=O)nc1. The minimum atomic E-state index is -0.0452. The molecule has 1 aromatic heterocycles. The molecule has 2 N–H and O–H groups in total. The van der Waals surface area contributed by atoms with E-state index < -0.39 is 0 Å². The van der Waals surface area contributed by atoms with Crippen molar-refractivity contribution in [2.75, 3.05) is 26.3 Å². The van der Waals surface area contributed by atoms with Gasteiger partial charge in [0.15, 0.2) is 0 Å². The smallest absolute Gasteiger partial charge is 0.216 e. The third-order valence-electron chi connectivity index (χ3n) is 3.69. The van der Waals surface area contributed by atoms with E-state index in [1.807, 2.05) is 18.3 Å². The number of rotatable bonds is 13. The molecule has 0 aromatic carbocycles. The van der Waals surface area contributed by atoms with Crippen molar-refractivity contribution in [1.82, 2.24) is 15.6 Å². The van der Waals surface area contributed by atoms with Crippen molar-refractivity contribution in [3.05, 3.63) is 29.6 Å². The van der Waals surface area contributed by atoms with Gasteiger partial charge in [-0.1, -0.05) is 19.9 Å². The molecule has 0 bridgehead atoms. The van der Waals surface area contributed by atoms with E-state index in [2.05, 4.69) is 29.5 Å². The van der Waals surface area contributed by atoms with Gasteiger partial charge in [-0.05, 0) is 24.5 Å². The number of hydrogen-bond donors (Lipinski definition) is 2. The number of carbonyl (C=O) groups excluding carboxylic acids is 1. The molecule has 24 heavy (non-hydrogen) atoms. The van der Waals surface area contributed by atoms with Gasteiger partial charge in [-0.2, -0.15) is 0 Å². The molecule has 6 nitrogen and oxygen atoms in total. The molecule has 1 aromatic rings. The van der Waals surface area contributed by atoms with Crippen molar-refractivity contribution in [2.45, 2.75) is 52.9 Å². The molecule has 0 radical (unpaired) electrons. The van der Waals surface area contributed by atoms with Crippen LogP contribution in [0, 0.1) is 0 Å². The van der Waals surface area contributed by atoms with E-state index >= 15 is 0 Å². The molecule has 1 rings (SSSR count). The molecule has 1 heterocycles. The van der Waals surface area contributed by atoms with E-state index in [0.717, 1.165) is 30.6 Å². The number of amides is 1. The zero-order valence-electron chi connectivity index (χ0n) is 15.1. The number of aromatic nitrogens is 1. The summed E-state index contributed by atoms with van der Waals surface area (Å²) in [6.45, 7) is 9.47. The van der Waals surface area contributed by atoms with E-state index in [-0.39, 0.29) is 5.91 Å². The van der Waals surface area contributed by atoms with Crippen LogP contribution in [0.1, 0.15) is 44.9 Å². The first-order chi connectivity index (χ1) is 11.7. The van der Waals surface area contributed by atoms with Gasteiger partial charge >= 0.3 is 0 Å². The van der Waals surface area contributed by atoms with Crippen LogP contribution in [0.5, 0.6) is 0 Å². The Balaban J connectivity index is 2.12. The molecule has 0 unspecified atom stereocenters. The minimum Gasteiger partial charge on any atom is -0.375 e. The Labute approximate surface area is 145 Å². The fraction of sp³-hybridized carbons (Fsp3) is 0.667. The number of hydrogen-bond acceptors (Lipinski definition) is 5. The summed E-state index contributed by atoms with van der Waals surface area (Å²) in [5, 5.41) is 6.15. The summed E-state index contributed by atoms with van der Waals surface area (Å²) in [7, 11) is 0. The molecule has 0 aliphatic heterocycles. The highest BCUT2D eigenvalue weighted by Crippen LogP contribution is 2.03. The van der Waals surface area contributed by atoms with Crippen molar-refractivity contribution < 1.29 is 14.3 Å². The molecular weight excluding hydrogens is 306 g/mol. The molecular formula is C18H31N3O3. The fourth-order valence-electron chi connectivity index (χ4n) is 2.20. The van der Waals surface area contributed by atoms with Crippen LogP contribution in [-0.2, 0) is 27.5 Å². The van der Waals surface area contributed by atoms with Crippen molar-refractivity contribution in [3.8, 4) is 0 Å². The monoisotopic (exact) mass is 337 g/mol. The average molecular weight is 337 g/mol. The van der Waals surface area contributed by atoms with Gasteiger partial charge in [-0.15, -0.1) is 0 Å². The third-order valence-corrected chi connectivity index (χ3v) is 3.69. The second-order valence-corrected chi connectivity index (χ2v) is 5.71. The normalized spacial score (nSPS) is 11.0. The molecule has 1 amide bonds. The van der Waals surface area contributed by atoms with E-state index in [1.165, 1.54) is 6.92 Å². The minimum absolute atomic E-state index is 0.0452. The predicted octanol–water partition coefficient (Wildman–Crippen LogP) is 2.03. The molecule has 0 aliphatic carbocycles. The Bertz CT molecular complexity index is 447. The van der Waals surface area contributed by atoms with Crippen LogP contribution in [0.4, 0.5) is 0 Å². The second kappa shape index (κ2) is 12.9. The van der Waals surface area contributed by atoms with Crippen molar-refractivity contribution in [3.63, 3.8) is 0 Å². The summed E-state index contributed by atoms with van der Waals surface area (Å²) in [5.41, 5.74) is 1.93. The van der Waals surface area contributed by atoms with Gasteiger partial charge in [-0.25, -0.2) is 0 Å². The molecule has 0 aliphatic rings. The summed E-state index contributed by atoms with van der Waals surface area (Å²) in [6.07, 6.45) is 4.12. The van der Waals surface area contributed by atoms with Crippen molar-refractivity contribution in [1.29, 1.82) is 0 Å². The van der Waals surface area contributed by atoms with Gasteiger partial charge in [0, 0.05) is 32.3 Å². The summed E-state index contributed by atoms with van der Waals surface area (Å²) in [5.74, 6) is -0.0452. The Morgan fingerprint density at radius 1 is 1.12 bits per heavy atom. The molecule has 0 spiro atoms. The fourth-order valence-corrected chi connectivity index (χ4v) is 2.20. The summed E-state index contributed by atoms with van der Waals surface area (Å²) >= 11 is 0. The largest absolute Gasteiger partial charge is 0.375 e. The van der Waals surface area contributed by atoms with Crippen LogP contribution in [0.2, 0.25) is 0 Å². The molecule has 136 valence electrons. The molecule has 0 saturated heterocycles. The number of pyridine rings is 1. The quantitative estimate of drug-likeness (QED) is 0.539. The standard InChI is InChI=1S/C18H31N3O3/c1-4-17(5-2)20-9-11-23-13-16-6-7-18(21-12-16)14-24-10-8-19-15(3)22/h6-7,12,17,20H,4-5,8-11,13-14H2,1-3H3,(H,19,22). The number of carbonyl (C=O) groups is 1.